The van der Waals surface area contributed by atoms with Gasteiger partial charge in [-0.2, -0.15) is 0 Å². The minimum Gasteiger partial charge on any atom is -0.454 e. The van der Waals surface area contributed by atoms with Crippen molar-refractivity contribution in [3.8, 4) is 23.0 Å². The second-order valence-electron chi connectivity index (χ2n) is 6.69. The van der Waals surface area contributed by atoms with E-state index in [1.165, 1.54) is 0 Å². The molecule has 30 heavy (non-hydrogen) atoms. The highest BCUT2D eigenvalue weighted by atomic mass is 16.7. The molecule has 1 aromatic heterocycles. The van der Waals surface area contributed by atoms with E-state index in [1.54, 1.807) is 25.1 Å². The van der Waals surface area contributed by atoms with Crippen LogP contribution in [0.2, 0.25) is 0 Å². The predicted octanol–water partition coefficient (Wildman–Crippen LogP) is 2.81. The number of hydrogen-bond acceptors (Lipinski definition) is 8. The van der Waals surface area contributed by atoms with Gasteiger partial charge in [0.15, 0.2) is 17.6 Å². The Morgan fingerprint density at radius 3 is 2.67 bits per heavy atom. The fourth-order valence-electron chi connectivity index (χ4n) is 2.79. The van der Waals surface area contributed by atoms with Crippen LogP contribution >= 0.6 is 0 Å². The summed E-state index contributed by atoms with van der Waals surface area (Å²) in [6.07, 6.45) is -0.758. The van der Waals surface area contributed by atoms with E-state index in [2.05, 4.69) is 15.5 Å². The van der Waals surface area contributed by atoms with Gasteiger partial charge in [0.2, 0.25) is 12.7 Å². The molecular formula is C21H19N3O6. The highest BCUT2D eigenvalue weighted by Gasteiger charge is 2.20. The maximum Gasteiger partial charge on any atom is 0.326 e. The van der Waals surface area contributed by atoms with Crippen molar-refractivity contribution in [3.63, 3.8) is 0 Å². The zero-order valence-electron chi connectivity index (χ0n) is 16.4. The van der Waals surface area contributed by atoms with E-state index < -0.39 is 18.0 Å². The van der Waals surface area contributed by atoms with Crippen LogP contribution in [0.4, 0.5) is 0 Å². The van der Waals surface area contributed by atoms with Crippen molar-refractivity contribution in [2.24, 2.45) is 0 Å². The van der Waals surface area contributed by atoms with Crippen LogP contribution in [0.5, 0.6) is 11.5 Å². The van der Waals surface area contributed by atoms with Crippen molar-refractivity contribution in [2.75, 3.05) is 13.3 Å². The van der Waals surface area contributed by atoms with Gasteiger partial charge in [0.1, 0.15) is 6.54 Å². The molecular weight excluding hydrogens is 390 g/mol. The number of ether oxygens (including phenoxy) is 3. The molecule has 0 saturated heterocycles. The summed E-state index contributed by atoms with van der Waals surface area (Å²) in [6, 6.07) is 12.4. The first-order valence-corrected chi connectivity index (χ1v) is 9.27. The third-order valence-corrected chi connectivity index (χ3v) is 4.42. The molecule has 0 spiro atoms. The molecule has 2 aromatic carbocycles. The van der Waals surface area contributed by atoms with E-state index in [0.717, 1.165) is 11.1 Å². The second-order valence-corrected chi connectivity index (χ2v) is 6.69. The summed E-state index contributed by atoms with van der Waals surface area (Å²) >= 11 is 0. The van der Waals surface area contributed by atoms with Crippen molar-refractivity contribution < 1.29 is 28.2 Å². The summed E-state index contributed by atoms with van der Waals surface area (Å²) in [5.41, 5.74) is 2.23. The molecule has 0 radical (unpaired) electrons. The average Bonchev–Trinajstić information content (AvgIpc) is 3.41. The summed E-state index contributed by atoms with van der Waals surface area (Å²) in [5.74, 6) is 0.498. The van der Waals surface area contributed by atoms with E-state index in [-0.39, 0.29) is 19.2 Å². The number of nitrogens with zero attached hydrogens (tertiary/aromatic N) is 2. The number of hydrogen-bond donors (Lipinski definition) is 1. The Hall–Kier alpha value is -3.88. The minimum absolute atomic E-state index is 0.117. The molecule has 0 saturated carbocycles. The lowest BCUT2D eigenvalue weighted by atomic mass is 10.1. The van der Waals surface area contributed by atoms with Crippen LogP contribution in [0.1, 0.15) is 34.8 Å². The number of rotatable bonds is 6. The number of benzene rings is 2. The molecule has 0 fully saturated rings. The molecule has 154 valence electrons. The Morgan fingerprint density at radius 2 is 1.87 bits per heavy atom. The Bertz CT molecular complexity index is 1080. The van der Waals surface area contributed by atoms with E-state index >= 15 is 0 Å². The molecule has 9 nitrogen and oxygen atoms in total. The van der Waals surface area contributed by atoms with Crippen molar-refractivity contribution in [3.05, 3.63) is 59.5 Å². The number of carbonyl (C=O) groups is 2. The van der Waals surface area contributed by atoms with Crippen molar-refractivity contribution >= 4 is 11.9 Å². The molecule has 1 atom stereocenters. The Kier molecular flexibility index (Phi) is 5.34. The van der Waals surface area contributed by atoms with E-state index in [4.69, 9.17) is 18.6 Å². The van der Waals surface area contributed by atoms with Crippen LogP contribution in [0.15, 0.2) is 46.9 Å². The number of nitrogens with one attached hydrogen (secondary N) is 1. The zero-order chi connectivity index (χ0) is 21.1. The standard InChI is InChI=1S/C21H19N3O6/c1-12-3-5-14(6-4-12)21-24-23-20(30-21)13(2)29-18(25)10-22-19(26)15-7-8-16-17(9-15)28-11-27-16/h3-9,13H,10-11H2,1-2H3,(H,22,26)/t13-/m0/s1. The van der Waals surface area contributed by atoms with Crippen molar-refractivity contribution in [1.82, 2.24) is 15.5 Å². The molecule has 0 aliphatic carbocycles. The van der Waals surface area contributed by atoms with Gasteiger partial charge in [-0.3, -0.25) is 9.59 Å². The molecule has 2 heterocycles. The van der Waals surface area contributed by atoms with Crippen LogP contribution < -0.4 is 14.8 Å². The largest absolute Gasteiger partial charge is 0.454 e. The maximum atomic E-state index is 12.2. The van der Waals surface area contributed by atoms with Gasteiger partial charge < -0.3 is 23.9 Å². The van der Waals surface area contributed by atoms with Crippen molar-refractivity contribution in [2.45, 2.75) is 20.0 Å². The van der Waals surface area contributed by atoms with Crippen LogP contribution in [0, 0.1) is 6.92 Å². The molecule has 1 amide bonds. The van der Waals surface area contributed by atoms with Gasteiger partial charge in [-0.1, -0.05) is 17.7 Å². The number of carbonyl (C=O) groups excluding carboxylic acids is 2. The van der Waals surface area contributed by atoms with Gasteiger partial charge in [0.05, 0.1) is 0 Å². The number of aryl methyl sites for hydroxylation is 1. The molecule has 1 N–H and O–H groups in total. The van der Waals surface area contributed by atoms with Crippen LogP contribution in [-0.2, 0) is 9.53 Å². The topological polar surface area (TPSA) is 113 Å². The van der Waals surface area contributed by atoms with Gasteiger partial charge >= 0.3 is 5.97 Å². The first-order valence-electron chi connectivity index (χ1n) is 9.27. The van der Waals surface area contributed by atoms with Gasteiger partial charge in [-0.25, -0.2) is 0 Å². The van der Waals surface area contributed by atoms with Crippen molar-refractivity contribution in [1.29, 1.82) is 0 Å². The van der Waals surface area contributed by atoms with Gasteiger partial charge in [-0.15, -0.1) is 10.2 Å². The predicted molar refractivity (Wildman–Crippen MR) is 104 cm³/mol. The Morgan fingerprint density at radius 1 is 1.10 bits per heavy atom. The quantitative estimate of drug-likeness (QED) is 0.619. The smallest absolute Gasteiger partial charge is 0.326 e. The van der Waals surface area contributed by atoms with E-state index in [9.17, 15) is 9.59 Å². The minimum atomic E-state index is -0.758. The first-order chi connectivity index (χ1) is 14.5. The van der Waals surface area contributed by atoms with E-state index in [0.29, 0.717) is 23.0 Å². The lowest BCUT2D eigenvalue weighted by Gasteiger charge is -2.10. The summed E-state index contributed by atoms with van der Waals surface area (Å²) in [7, 11) is 0. The second kappa shape index (κ2) is 8.24. The highest BCUT2D eigenvalue weighted by molar-refractivity contribution is 5.96. The Balaban J connectivity index is 1.30. The third kappa shape index (κ3) is 4.24. The fourth-order valence-corrected chi connectivity index (χ4v) is 2.79. The lowest BCUT2D eigenvalue weighted by molar-refractivity contribution is -0.148. The molecule has 3 aromatic rings. The zero-order valence-corrected chi connectivity index (χ0v) is 16.4. The summed E-state index contributed by atoms with van der Waals surface area (Å²) in [4.78, 5) is 24.3. The van der Waals surface area contributed by atoms with Crippen LogP contribution in [-0.4, -0.2) is 35.4 Å². The third-order valence-electron chi connectivity index (χ3n) is 4.42. The molecule has 0 unspecified atom stereocenters. The normalized spacial score (nSPS) is 13.0. The molecule has 1 aliphatic heterocycles. The highest BCUT2D eigenvalue weighted by Crippen LogP contribution is 2.32. The van der Waals surface area contributed by atoms with Gasteiger partial charge in [0.25, 0.3) is 11.8 Å². The first kappa shape index (κ1) is 19.4. The molecule has 1 aliphatic rings. The Labute approximate surface area is 172 Å². The van der Waals surface area contributed by atoms with E-state index in [1.807, 2.05) is 31.2 Å². The lowest BCUT2D eigenvalue weighted by Crippen LogP contribution is -2.31. The summed E-state index contributed by atoms with van der Waals surface area (Å²) in [5, 5.41) is 10.4. The van der Waals surface area contributed by atoms with Gasteiger partial charge in [0, 0.05) is 11.1 Å². The van der Waals surface area contributed by atoms with Crippen LogP contribution in [0.3, 0.4) is 0 Å². The summed E-state index contributed by atoms with van der Waals surface area (Å²) in [6.45, 7) is 3.41. The number of esters is 1. The monoisotopic (exact) mass is 409 g/mol. The van der Waals surface area contributed by atoms with Gasteiger partial charge in [-0.05, 0) is 44.2 Å². The SMILES string of the molecule is Cc1ccc(-c2nnc([C@H](C)OC(=O)CNC(=O)c3ccc4c(c3)OCO4)o2)cc1. The summed E-state index contributed by atoms with van der Waals surface area (Å²) < 4.78 is 21.3. The number of aromatic nitrogens is 2. The molecule has 0 bridgehead atoms. The average molecular weight is 409 g/mol. The number of amides is 1. The molecule has 9 heteroatoms. The molecule has 4 rings (SSSR count). The number of fused-ring (bicyclic) bond motifs is 1. The maximum absolute atomic E-state index is 12.2. The fraction of sp³-hybridized carbons (Fsp3) is 0.238. The van der Waals surface area contributed by atoms with Crippen LogP contribution in [0.25, 0.3) is 11.5 Å².